The van der Waals surface area contributed by atoms with Crippen molar-refractivity contribution in [2.45, 2.75) is 13.3 Å². The number of anilines is 2. The second kappa shape index (κ2) is 8.16. The van der Waals surface area contributed by atoms with Crippen LogP contribution in [0.3, 0.4) is 0 Å². The molecule has 0 saturated carbocycles. The van der Waals surface area contributed by atoms with Gasteiger partial charge in [0.05, 0.1) is 13.1 Å². The van der Waals surface area contributed by atoms with Gasteiger partial charge in [0.1, 0.15) is 0 Å². The first kappa shape index (κ1) is 16.0. The molecule has 0 fully saturated rings. The highest BCUT2D eigenvalue weighted by Gasteiger charge is 2.10. The van der Waals surface area contributed by atoms with Gasteiger partial charge in [0.15, 0.2) is 0 Å². The summed E-state index contributed by atoms with van der Waals surface area (Å²) in [6.45, 7) is 3.01. The Hall–Kier alpha value is -2.08. The van der Waals surface area contributed by atoms with Gasteiger partial charge in [-0.2, -0.15) is 0 Å². The van der Waals surface area contributed by atoms with Crippen LogP contribution in [0.1, 0.15) is 13.3 Å². The smallest absolute Gasteiger partial charge is 0.238 e. The lowest BCUT2D eigenvalue weighted by Gasteiger charge is -2.15. The van der Waals surface area contributed by atoms with Crippen LogP contribution in [0.25, 0.3) is 0 Å². The van der Waals surface area contributed by atoms with Crippen molar-refractivity contribution >= 4 is 23.2 Å². The Morgan fingerprint density at radius 2 is 1.75 bits per heavy atom. The maximum atomic E-state index is 11.8. The van der Waals surface area contributed by atoms with Crippen molar-refractivity contribution < 1.29 is 9.59 Å². The average Bonchev–Trinajstić information content (AvgIpc) is 2.38. The van der Waals surface area contributed by atoms with Gasteiger partial charge in [-0.05, 0) is 37.7 Å². The number of rotatable bonds is 7. The highest BCUT2D eigenvalue weighted by Crippen LogP contribution is 2.10. The lowest BCUT2D eigenvalue weighted by molar-refractivity contribution is -0.122. The van der Waals surface area contributed by atoms with Gasteiger partial charge < -0.3 is 16.4 Å². The van der Waals surface area contributed by atoms with Crippen LogP contribution in [0.2, 0.25) is 0 Å². The number of benzene rings is 1. The summed E-state index contributed by atoms with van der Waals surface area (Å²) in [4.78, 5) is 24.9. The first-order valence-electron chi connectivity index (χ1n) is 6.62. The number of amides is 2. The molecular weight excluding hydrogens is 256 g/mol. The maximum absolute atomic E-state index is 11.8. The largest absolute Gasteiger partial charge is 0.399 e. The normalized spacial score (nSPS) is 10.3. The van der Waals surface area contributed by atoms with E-state index < -0.39 is 0 Å². The summed E-state index contributed by atoms with van der Waals surface area (Å²) in [7, 11) is 1.73. The Kier molecular flexibility index (Phi) is 6.52. The van der Waals surface area contributed by atoms with Crippen molar-refractivity contribution in [1.82, 2.24) is 10.2 Å². The van der Waals surface area contributed by atoms with Gasteiger partial charge in [-0.1, -0.05) is 6.92 Å². The number of nitrogens with zero attached hydrogens (tertiary/aromatic N) is 1. The topological polar surface area (TPSA) is 87.5 Å². The van der Waals surface area contributed by atoms with Crippen LogP contribution in [0.5, 0.6) is 0 Å². The van der Waals surface area contributed by atoms with Crippen molar-refractivity contribution in [3.05, 3.63) is 24.3 Å². The molecule has 2 amide bonds. The molecule has 20 heavy (non-hydrogen) atoms. The predicted molar refractivity (Wildman–Crippen MR) is 80.3 cm³/mol. The van der Waals surface area contributed by atoms with E-state index in [2.05, 4.69) is 10.6 Å². The number of nitrogens with one attached hydrogen (secondary N) is 2. The maximum Gasteiger partial charge on any atom is 0.238 e. The molecule has 0 radical (unpaired) electrons. The van der Waals surface area contributed by atoms with E-state index >= 15 is 0 Å². The molecule has 0 aliphatic heterocycles. The molecule has 6 nitrogen and oxygen atoms in total. The van der Waals surface area contributed by atoms with Crippen LogP contribution < -0.4 is 16.4 Å². The van der Waals surface area contributed by atoms with E-state index in [1.807, 2.05) is 6.92 Å². The summed E-state index contributed by atoms with van der Waals surface area (Å²) < 4.78 is 0. The molecule has 0 aliphatic rings. The van der Waals surface area contributed by atoms with Crippen LogP contribution in [0.4, 0.5) is 11.4 Å². The first-order chi connectivity index (χ1) is 9.51. The fourth-order valence-corrected chi connectivity index (χ4v) is 1.63. The second-order valence-electron chi connectivity index (χ2n) is 4.69. The number of carbonyl (C=O) groups excluding carboxylic acids is 2. The second-order valence-corrected chi connectivity index (χ2v) is 4.69. The van der Waals surface area contributed by atoms with E-state index in [0.29, 0.717) is 17.9 Å². The van der Waals surface area contributed by atoms with Gasteiger partial charge in [-0.25, -0.2) is 0 Å². The molecule has 4 N–H and O–H groups in total. The minimum absolute atomic E-state index is 0.0744. The molecule has 0 bridgehead atoms. The number of nitrogen functional groups attached to an aromatic ring is 1. The zero-order chi connectivity index (χ0) is 15.0. The van der Waals surface area contributed by atoms with E-state index in [9.17, 15) is 9.59 Å². The van der Waals surface area contributed by atoms with Crippen molar-refractivity contribution in [2.24, 2.45) is 0 Å². The summed E-state index contributed by atoms with van der Waals surface area (Å²) >= 11 is 0. The monoisotopic (exact) mass is 278 g/mol. The van der Waals surface area contributed by atoms with Gasteiger partial charge in [0.25, 0.3) is 0 Å². The van der Waals surface area contributed by atoms with Crippen molar-refractivity contribution in [1.29, 1.82) is 0 Å². The SMILES string of the molecule is CCCNC(=O)CN(C)CC(=O)Nc1ccc(N)cc1. The molecule has 1 aromatic carbocycles. The Balaban J connectivity index is 2.34. The van der Waals surface area contributed by atoms with Gasteiger partial charge in [0, 0.05) is 17.9 Å². The fourth-order valence-electron chi connectivity index (χ4n) is 1.63. The van der Waals surface area contributed by atoms with E-state index in [0.717, 1.165) is 6.42 Å². The number of nitrogens with two attached hydrogens (primary N) is 1. The van der Waals surface area contributed by atoms with Crippen LogP contribution in [-0.4, -0.2) is 43.4 Å². The molecule has 0 aromatic heterocycles. The van der Waals surface area contributed by atoms with E-state index in [-0.39, 0.29) is 24.9 Å². The number of likely N-dealkylation sites (N-methyl/N-ethyl adjacent to an activating group) is 1. The molecular formula is C14H22N4O2. The van der Waals surface area contributed by atoms with Crippen molar-refractivity contribution in [3.8, 4) is 0 Å². The molecule has 0 atom stereocenters. The van der Waals surface area contributed by atoms with Gasteiger partial charge in [-0.3, -0.25) is 14.5 Å². The van der Waals surface area contributed by atoms with Crippen LogP contribution in [-0.2, 0) is 9.59 Å². The van der Waals surface area contributed by atoms with Crippen molar-refractivity contribution in [3.63, 3.8) is 0 Å². The van der Waals surface area contributed by atoms with Gasteiger partial charge >= 0.3 is 0 Å². The van der Waals surface area contributed by atoms with Gasteiger partial charge in [0.2, 0.25) is 11.8 Å². The molecule has 1 rings (SSSR count). The highest BCUT2D eigenvalue weighted by atomic mass is 16.2. The Labute approximate surface area is 119 Å². The summed E-state index contributed by atoms with van der Waals surface area (Å²) in [5.41, 5.74) is 6.90. The molecule has 1 aromatic rings. The fraction of sp³-hybridized carbons (Fsp3) is 0.429. The van der Waals surface area contributed by atoms with Gasteiger partial charge in [-0.15, -0.1) is 0 Å². The van der Waals surface area contributed by atoms with E-state index in [1.165, 1.54) is 0 Å². The summed E-state index contributed by atoms with van der Waals surface area (Å²) in [5, 5.41) is 5.51. The summed E-state index contributed by atoms with van der Waals surface area (Å²) in [6.07, 6.45) is 0.896. The summed E-state index contributed by atoms with van der Waals surface area (Å²) in [6, 6.07) is 6.91. The third-order valence-corrected chi connectivity index (χ3v) is 2.59. The highest BCUT2D eigenvalue weighted by molar-refractivity contribution is 5.92. The minimum atomic E-state index is -0.166. The predicted octanol–water partition coefficient (Wildman–Crippen LogP) is 0.665. The number of hydrogen-bond donors (Lipinski definition) is 3. The average molecular weight is 278 g/mol. The molecule has 0 unspecified atom stereocenters. The third kappa shape index (κ3) is 6.19. The van der Waals surface area contributed by atoms with Crippen molar-refractivity contribution in [2.75, 3.05) is 37.7 Å². The van der Waals surface area contributed by atoms with Crippen LogP contribution >= 0.6 is 0 Å². The first-order valence-corrected chi connectivity index (χ1v) is 6.62. The van der Waals surface area contributed by atoms with E-state index in [1.54, 1.807) is 36.2 Å². The Morgan fingerprint density at radius 1 is 1.15 bits per heavy atom. The number of hydrogen-bond acceptors (Lipinski definition) is 4. The molecule has 0 aliphatic carbocycles. The zero-order valence-corrected chi connectivity index (χ0v) is 12.0. The molecule has 0 saturated heterocycles. The lowest BCUT2D eigenvalue weighted by Crippen LogP contribution is -2.39. The molecule has 110 valence electrons. The zero-order valence-electron chi connectivity index (χ0n) is 12.0. The van der Waals surface area contributed by atoms with E-state index in [4.69, 9.17) is 5.73 Å². The van der Waals surface area contributed by atoms with Crippen LogP contribution in [0, 0.1) is 0 Å². The minimum Gasteiger partial charge on any atom is -0.399 e. The quantitative estimate of drug-likeness (QED) is 0.640. The standard InChI is InChI=1S/C14H22N4O2/c1-3-8-16-13(19)9-18(2)10-14(20)17-12-6-4-11(15)5-7-12/h4-7H,3,8-10,15H2,1-2H3,(H,16,19)(H,17,20). The van der Waals surface area contributed by atoms with Crippen LogP contribution in [0.15, 0.2) is 24.3 Å². The number of carbonyl (C=O) groups is 2. The molecule has 0 spiro atoms. The molecule has 0 heterocycles. The molecule has 6 heteroatoms. The third-order valence-electron chi connectivity index (χ3n) is 2.59. The summed E-state index contributed by atoms with van der Waals surface area (Å²) in [5.74, 6) is -0.241. The lowest BCUT2D eigenvalue weighted by atomic mass is 10.3. The Morgan fingerprint density at radius 3 is 2.35 bits per heavy atom. The Bertz CT molecular complexity index is 445.